The van der Waals surface area contributed by atoms with Crippen LogP contribution in [0.25, 0.3) is 98.4 Å². The molecule has 15 aromatic rings. The van der Waals surface area contributed by atoms with Crippen LogP contribution < -0.4 is 9.80 Å². The van der Waals surface area contributed by atoms with E-state index in [0.29, 0.717) is 0 Å². The highest BCUT2D eigenvalue weighted by Crippen LogP contribution is 2.66. The Morgan fingerprint density at radius 3 is 1.30 bits per heavy atom. The van der Waals surface area contributed by atoms with Crippen LogP contribution in [0.4, 0.5) is 34.1 Å². The lowest BCUT2D eigenvalue weighted by Gasteiger charge is -2.32. The van der Waals surface area contributed by atoms with Crippen LogP contribution in [0.2, 0.25) is 0 Å². The van der Waals surface area contributed by atoms with E-state index in [1.165, 1.54) is 76.8 Å². The lowest BCUT2D eigenvalue weighted by atomic mass is 9.69. The van der Waals surface area contributed by atoms with E-state index in [2.05, 4.69) is 252 Å². The van der Waals surface area contributed by atoms with Gasteiger partial charge in [-0.1, -0.05) is 158 Å². The normalized spacial score (nSPS) is 13.0. The highest BCUT2D eigenvalue weighted by molar-refractivity contribution is 6.21. The molecule has 2 aromatic heterocycles. The number of hydrogen-bond acceptors (Lipinski definition) is 4. The average molecular weight is 981 g/mol. The highest BCUT2D eigenvalue weighted by Gasteiger charge is 2.53. The molecule has 0 saturated carbocycles. The van der Waals surface area contributed by atoms with Crippen molar-refractivity contribution in [2.24, 2.45) is 0 Å². The molecule has 0 atom stereocenters. The number of furan rings is 2. The van der Waals surface area contributed by atoms with Gasteiger partial charge in [-0.25, -0.2) is 0 Å². The standard InChI is InChI=1S/C73H44N2O2/c1-3-17-47(18-4-1)74(51-33-36-58-56-24-11-15-29-67(56)76-69(58)43-51)49-32-31-45-40-63-66(41-46(45)39-49)73(64-27-13-9-22-54(64)55-23-10-14-28-65(55)73)72-61-38-35-50(42-62(61)53-21-7-8-26-60(53)71(63)72)75(48-19-5-2-6-20-48)52-34-37-59-57-25-12-16-30-68(57)77-70(59)44-52/h1-44H. The zero-order chi connectivity index (χ0) is 50.3. The van der Waals surface area contributed by atoms with Gasteiger partial charge in [0.25, 0.3) is 0 Å². The lowest BCUT2D eigenvalue weighted by molar-refractivity contribution is 0.668. The van der Waals surface area contributed by atoms with Gasteiger partial charge >= 0.3 is 0 Å². The molecule has 0 fully saturated rings. The molecule has 4 heteroatoms. The summed E-state index contributed by atoms with van der Waals surface area (Å²) >= 11 is 0. The second-order valence-corrected chi connectivity index (χ2v) is 20.7. The summed E-state index contributed by atoms with van der Waals surface area (Å²) in [5.41, 5.74) is 19.6. The van der Waals surface area contributed by atoms with E-state index < -0.39 is 5.41 Å². The summed E-state index contributed by atoms with van der Waals surface area (Å²) in [5.74, 6) is 0. The van der Waals surface area contributed by atoms with Gasteiger partial charge in [0.05, 0.1) is 5.41 Å². The highest BCUT2D eigenvalue weighted by atomic mass is 16.3. The second kappa shape index (κ2) is 15.9. The van der Waals surface area contributed by atoms with Crippen molar-refractivity contribution < 1.29 is 8.83 Å². The third kappa shape index (κ3) is 5.92. The van der Waals surface area contributed by atoms with Crippen molar-refractivity contribution in [3.63, 3.8) is 0 Å². The number of rotatable bonds is 6. The van der Waals surface area contributed by atoms with Gasteiger partial charge in [-0.3, -0.25) is 0 Å². The van der Waals surface area contributed by atoms with E-state index in [9.17, 15) is 0 Å². The summed E-state index contributed by atoms with van der Waals surface area (Å²) < 4.78 is 13.0. The molecule has 1 spiro atoms. The molecule has 2 aliphatic carbocycles. The van der Waals surface area contributed by atoms with Crippen molar-refractivity contribution in [1.82, 2.24) is 0 Å². The lowest BCUT2D eigenvalue weighted by Crippen LogP contribution is -2.26. The molecule has 0 amide bonds. The summed E-state index contributed by atoms with van der Waals surface area (Å²) in [6.45, 7) is 0. The van der Waals surface area contributed by atoms with E-state index in [1.54, 1.807) is 0 Å². The maximum Gasteiger partial charge on any atom is 0.137 e. The predicted molar refractivity (Wildman–Crippen MR) is 319 cm³/mol. The molecule has 17 rings (SSSR count). The van der Waals surface area contributed by atoms with E-state index >= 15 is 0 Å². The van der Waals surface area contributed by atoms with Gasteiger partial charge in [0.15, 0.2) is 0 Å². The number of anilines is 6. The Bertz CT molecular complexity index is 4910. The van der Waals surface area contributed by atoms with Gasteiger partial charge in [0.1, 0.15) is 22.3 Å². The SMILES string of the molecule is c1ccc(N(c2ccc3cc4c(cc3c2)C2(c3ccccc3-c3ccccc32)c2c-4c3ccccc3c3cc(N(c4ccccc4)c4ccc5c(c4)oc4ccccc45)ccc23)c2ccc3c(c2)oc2ccccc23)cc1. The van der Waals surface area contributed by atoms with Crippen molar-refractivity contribution in [2.75, 3.05) is 9.80 Å². The van der Waals surface area contributed by atoms with Crippen LogP contribution in [0.1, 0.15) is 22.3 Å². The predicted octanol–water partition coefficient (Wildman–Crippen LogP) is 20.2. The maximum absolute atomic E-state index is 6.51. The Balaban J connectivity index is 0.913. The van der Waals surface area contributed by atoms with Gasteiger partial charge in [-0.15, -0.1) is 0 Å². The van der Waals surface area contributed by atoms with Crippen LogP contribution >= 0.6 is 0 Å². The first-order valence-corrected chi connectivity index (χ1v) is 26.5. The molecule has 0 saturated heterocycles. The first-order chi connectivity index (χ1) is 38.2. The summed E-state index contributed by atoms with van der Waals surface area (Å²) in [6, 6.07) is 97.8. The summed E-state index contributed by atoms with van der Waals surface area (Å²) in [6.07, 6.45) is 0. The van der Waals surface area contributed by atoms with E-state index in [0.717, 1.165) is 78.0 Å². The second-order valence-electron chi connectivity index (χ2n) is 20.7. The topological polar surface area (TPSA) is 32.8 Å². The van der Waals surface area contributed by atoms with E-state index in [-0.39, 0.29) is 0 Å². The number of para-hydroxylation sites is 4. The maximum atomic E-state index is 6.51. The van der Waals surface area contributed by atoms with Gasteiger partial charge in [-0.05, 0) is 174 Å². The zero-order valence-corrected chi connectivity index (χ0v) is 41.6. The van der Waals surface area contributed by atoms with Crippen molar-refractivity contribution in [1.29, 1.82) is 0 Å². The molecular weight excluding hydrogens is 937 g/mol. The molecule has 13 aromatic carbocycles. The molecule has 0 unspecified atom stereocenters. The third-order valence-electron chi connectivity index (χ3n) is 16.8. The molecule has 0 bridgehead atoms. The Hall–Kier alpha value is -10.2. The third-order valence-corrected chi connectivity index (χ3v) is 16.8. The number of nitrogens with zero attached hydrogens (tertiary/aromatic N) is 2. The van der Waals surface area contributed by atoms with E-state index in [4.69, 9.17) is 8.83 Å². The average Bonchev–Trinajstić information content (AvgIpc) is 3.74. The fraction of sp³-hybridized carbons (Fsp3) is 0.0137. The summed E-state index contributed by atoms with van der Waals surface area (Å²) in [4.78, 5) is 4.73. The van der Waals surface area contributed by atoms with Crippen LogP contribution in [0.15, 0.2) is 276 Å². The fourth-order valence-corrected chi connectivity index (χ4v) is 13.6. The van der Waals surface area contributed by atoms with E-state index in [1.807, 2.05) is 24.3 Å². The Kier molecular flexibility index (Phi) is 8.73. The van der Waals surface area contributed by atoms with Gasteiger partial charge in [0, 0.05) is 67.8 Å². The smallest absolute Gasteiger partial charge is 0.137 e. The van der Waals surface area contributed by atoms with Crippen LogP contribution in [-0.2, 0) is 5.41 Å². The monoisotopic (exact) mass is 980 g/mol. The van der Waals surface area contributed by atoms with Gasteiger partial charge < -0.3 is 18.6 Å². The zero-order valence-electron chi connectivity index (χ0n) is 41.6. The largest absolute Gasteiger partial charge is 0.456 e. The minimum atomic E-state index is -0.622. The number of benzene rings is 13. The Labute approximate surface area is 443 Å². The molecule has 0 radical (unpaired) electrons. The number of hydrogen-bond donors (Lipinski definition) is 0. The molecule has 4 nitrogen and oxygen atoms in total. The molecule has 77 heavy (non-hydrogen) atoms. The molecule has 0 N–H and O–H groups in total. The van der Waals surface area contributed by atoms with Gasteiger partial charge in [-0.2, -0.15) is 0 Å². The van der Waals surface area contributed by atoms with Crippen molar-refractivity contribution in [3.05, 3.63) is 289 Å². The first-order valence-electron chi connectivity index (χ1n) is 26.5. The molecule has 0 aliphatic heterocycles. The number of fused-ring (bicyclic) bond motifs is 22. The first kappa shape index (κ1) is 42.2. The van der Waals surface area contributed by atoms with Crippen LogP contribution in [0.5, 0.6) is 0 Å². The quantitative estimate of drug-likeness (QED) is 0.155. The van der Waals surface area contributed by atoms with Crippen LogP contribution in [-0.4, -0.2) is 0 Å². The molecule has 358 valence electrons. The molecular formula is C73H44N2O2. The van der Waals surface area contributed by atoms with Crippen LogP contribution in [0.3, 0.4) is 0 Å². The van der Waals surface area contributed by atoms with Crippen molar-refractivity contribution >= 4 is 110 Å². The van der Waals surface area contributed by atoms with Crippen molar-refractivity contribution in [2.45, 2.75) is 5.41 Å². The van der Waals surface area contributed by atoms with Crippen LogP contribution in [0, 0.1) is 0 Å². The van der Waals surface area contributed by atoms with Gasteiger partial charge in [0.2, 0.25) is 0 Å². The molecule has 2 heterocycles. The Morgan fingerprint density at radius 2 is 0.701 bits per heavy atom. The van der Waals surface area contributed by atoms with Crippen molar-refractivity contribution in [3.8, 4) is 22.3 Å². The minimum absolute atomic E-state index is 0.622. The summed E-state index contributed by atoms with van der Waals surface area (Å²) in [5, 5.41) is 11.8. The summed E-state index contributed by atoms with van der Waals surface area (Å²) in [7, 11) is 0. The minimum Gasteiger partial charge on any atom is -0.456 e. The Morgan fingerprint density at radius 1 is 0.247 bits per heavy atom. The molecule has 2 aliphatic rings. The fourth-order valence-electron chi connectivity index (χ4n) is 13.6.